The highest BCUT2D eigenvalue weighted by Gasteiger charge is 2.02. The molecule has 3 heterocycles. The van der Waals surface area contributed by atoms with Crippen molar-refractivity contribution in [2.45, 2.75) is 0 Å². The highest BCUT2D eigenvalue weighted by atomic mass is 32.1. The minimum Gasteiger partial charge on any atom is -0.255 e. The van der Waals surface area contributed by atoms with Crippen LogP contribution in [0.5, 0.6) is 0 Å². The molecule has 0 bridgehead atoms. The lowest BCUT2D eigenvalue weighted by Crippen LogP contribution is -1.86. The lowest BCUT2D eigenvalue weighted by atomic mass is 10.2. The molecule has 0 amide bonds. The number of rotatable bonds is 2. The summed E-state index contributed by atoms with van der Waals surface area (Å²) in [6.45, 7) is 0. The lowest BCUT2D eigenvalue weighted by molar-refractivity contribution is 1.25. The first-order valence-corrected chi connectivity index (χ1v) is 6.23. The third kappa shape index (κ3) is 2.10. The van der Waals surface area contributed by atoms with Gasteiger partial charge in [0, 0.05) is 22.8 Å². The Morgan fingerprint density at radius 1 is 0.824 bits per heavy atom. The number of hydrogen-bond donors (Lipinski definition) is 0. The summed E-state index contributed by atoms with van der Waals surface area (Å²) in [5.74, 6) is 0. The Balaban J connectivity index is 1.96. The zero-order valence-corrected chi connectivity index (χ0v) is 9.89. The third-order valence-corrected chi connectivity index (χ3v) is 3.42. The van der Waals surface area contributed by atoms with Gasteiger partial charge in [-0.25, -0.2) is 0 Å². The van der Waals surface area contributed by atoms with Crippen molar-refractivity contribution in [3.05, 3.63) is 60.2 Å². The van der Waals surface area contributed by atoms with Crippen LogP contribution in [0.3, 0.4) is 0 Å². The Kier molecular flexibility index (Phi) is 2.68. The summed E-state index contributed by atoms with van der Waals surface area (Å²) in [6, 6.07) is 14.1. The van der Waals surface area contributed by atoms with Crippen molar-refractivity contribution in [1.29, 1.82) is 0 Å². The normalized spacial score (nSPS) is 10.4. The molecule has 0 saturated heterocycles. The van der Waals surface area contributed by atoms with E-state index in [0.29, 0.717) is 0 Å². The Morgan fingerprint density at radius 2 is 1.76 bits per heavy atom. The van der Waals surface area contributed by atoms with Crippen LogP contribution in [0.1, 0.15) is 0 Å². The van der Waals surface area contributed by atoms with E-state index in [9.17, 15) is 0 Å². The van der Waals surface area contributed by atoms with E-state index in [0.717, 1.165) is 17.0 Å². The molecule has 0 spiro atoms. The summed E-state index contributed by atoms with van der Waals surface area (Å²) in [5, 5.41) is 2.07. The molecule has 0 aliphatic carbocycles. The maximum absolute atomic E-state index is 4.45. The predicted molar refractivity (Wildman–Crippen MR) is 70.8 cm³/mol. The Hall–Kier alpha value is -2.00. The number of aromatic nitrogens is 2. The van der Waals surface area contributed by atoms with Gasteiger partial charge in [0.25, 0.3) is 0 Å². The van der Waals surface area contributed by atoms with E-state index in [1.807, 2.05) is 36.5 Å². The smallest absolute Gasteiger partial charge is 0.0886 e. The highest BCUT2D eigenvalue weighted by molar-refractivity contribution is 7.13. The Labute approximate surface area is 104 Å². The molecule has 3 heteroatoms. The van der Waals surface area contributed by atoms with Crippen LogP contribution in [0, 0.1) is 0 Å². The third-order valence-electron chi connectivity index (χ3n) is 2.50. The molecule has 3 aromatic heterocycles. The van der Waals surface area contributed by atoms with Crippen molar-refractivity contribution in [3.63, 3.8) is 0 Å². The van der Waals surface area contributed by atoms with Crippen LogP contribution in [0.15, 0.2) is 60.2 Å². The predicted octanol–water partition coefficient (Wildman–Crippen LogP) is 3.87. The van der Waals surface area contributed by atoms with Gasteiger partial charge < -0.3 is 0 Å². The molecule has 2 nitrogen and oxygen atoms in total. The van der Waals surface area contributed by atoms with Crippen LogP contribution >= 0.6 is 11.3 Å². The minimum atomic E-state index is 0.908. The molecule has 82 valence electrons. The number of hydrogen-bond acceptors (Lipinski definition) is 3. The molecule has 0 atom stereocenters. The van der Waals surface area contributed by atoms with Crippen molar-refractivity contribution in [2.24, 2.45) is 0 Å². The average molecular weight is 238 g/mol. The van der Waals surface area contributed by atoms with Gasteiger partial charge in [-0.3, -0.25) is 9.97 Å². The fourth-order valence-electron chi connectivity index (χ4n) is 1.65. The van der Waals surface area contributed by atoms with E-state index in [1.54, 1.807) is 17.5 Å². The number of nitrogens with zero attached hydrogens (tertiary/aromatic N) is 2. The van der Waals surface area contributed by atoms with E-state index in [2.05, 4.69) is 27.5 Å². The molecule has 3 rings (SSSR count). The molecule has 0 saturated carbocycles. The SMILES string of the molecule is c1ccc(-c2ccc(-c3cccs3)cn2)nc1. The van der Waals surface area contributed by atoms with Gasteiger partial charge in [-0.1, -0.05) is 12.1 Å². The quantitative estimate of drug-likeness (QED) is 0.677. The van der Waals surface area contributed by atoms with Crippen LogP contribution in [-0.4, -0.2) is 9.97 Å². The largest absolute Gasteiger partial charge is 0.255 e. The average Bonchev–Trinajstić information content (AvgIpc) is 2.94. The van der Waals surface area contributed by atoms with Crippen molar-refractivity contribution < 1.29 is 0 Å². The van der Waals surface area contributed by atoms with Gasteiger partial charge in [0.2, 0.25) is 0 Å². The Morgan fingerprint density at radius 3 is 2.41 bits per heavy atom. The van der Waals surface area contributed by atoms with Gasteiger partial charge >= 0.3 is 0 Å². The Bertz CT molecular complexity index is 586. The summed E-state index contributed by atoms with van der Waals surface area (Å²) in [4.78, 5) is 9.97. The van der Waals surface area contributed by atoms with E-state index in [-0.39, 0.29) is 0 Å². The highest BCUT2D eigenvalue weighted by Crippen LogP contribution is 2.25. The second-order valence-electron chi connectivity index (χ2n) is 3.62. The van der Waals surface area contributed by atoms with Gasteiger partial charge in [0.15, 0.2) is 0 Å². The van der Waals surface area contributed by atoms with E-state index in [1.165, 1.54) is 4.88 Å². The fraction of sp³-hybridized carbons (Fsp3) is 0. The van der Waals surface area contributed by atoms with Gasteiger partial charge in [-0.05, 0) is 35.7 Å². The van der Waals surface area contributed by atoms with Gasteiger partial charge in [0.1, 0.15) is 0 Å². The monoisotopic (exact) mass is 238 g/mol. The molecule has 0 radical (unpaired) electrons. The van der Waals surface area contributed by atoms with Crippen LogP contribution in [0.25, 0.3) is 21.8 Å². The zero-order valence-electron chi connectivity index (χ0n) is 9.08. The molecule has 0 N–H and O–H groups in total. The summed E-state index contributed by atoms with van der Waals surface area (Å²) in [6.07, 6.45) is 3.68. The van der Waals surface area contributed by atoms with Crippen molar-refractivity contribution in [1.82, 2.24) is 9.97 Å². The van der Waals surface area contributed by atoms with Crippen molar-refractivity contribution in [2.75, 3.05) is 0 Å². The first kappa shape index (κ1) is 10.2. The molecule has 0 aliphatic heterocycles. The number of thiophene rings is 1. The fourth-order valence-corrected chi connectivity index (χ4v) is 2.37. The summed E-state index contributed by atoms with van der Waals surface area (Å²) < 4.78 is 0. The zero-order chi connectivity index (χ0) is 11.5. The summed E-state index contributed by atoms with van der Waals surface area (Å²) in [5.41, 5.74) is 2.97. The molecule has 0 aromatic carbocycles. The van der Waals surface area contributed by atoms with Crippen LogP contribution in [-0.2, 0) is 0 Å². The lowest BCUT2D eigenvalue weighted by Gasteiger charge is -2.01. The molecular weight excluding hydrogens is 228 g/mol. The minimum absolute atomic E-state index is 0.908. The maximum Gasteiger partial charge on any atom is 0.0886 e. The van der Waals surface area contributed by atoms with E-state index >= 15 is 0 Å². The second-order valence-corrected chi connectivity index (χ2v) is 4.57. The van der Waals surface area contributed by atoms with Crippen LogP contribution in [0.2, 0.25) is 0 Å². The van der Waals surface area contributed by atoms with Gasteiger partial charge in [0.05, 0.1) is 11.4 Å². The molecule has 0 aliphatic rings. The molecule has 3 aromatic rings. The second kappa shape index (κ2) is 4.47. The molecule has 0 unspecified atom stereocenters. The number of pyridine rings is 2. The molecular formula is C14H10N2S. The van der Waals surface area contributed by atoms with Crippen molar-refractivity contribution >= 4 is 11.3 Å². The molecule has 0 fully saturated rings. The first-order chi connectivity index (χ1) is 8.43. The van der Waals surface area contributed by atoms with Gasteiger partial charge in [-0.2, -0.15) is 0 Å². The summed E-state index contributed by atoms with van der Waals surface area (Å²) >= 11 is 1.72. The summed E-state index contributed by atoms with van der Waals surface area (Å²) in [7, 11) is 0. The van der Waals surface area contributed by atoms with Crippen LogP contribution in [0.4, 0.5) is 0 Å². The standard InChI is InChI=1S/C14H10N2S/c1-2-8-15-12(4-1)13-7-6-11(10-16-13)14-5-3-9-17-14/h1-10H. The first-order valence-electron chi connectivity index (χ1n) is 5.35. The van der Waals surface area contributed by atoms with Crippen LogP contribution < -0.4 is 0 Å². The van der Waals surface area contributed by atoms with E-state index in [4.69, 9.17) is 0 Å². The van der Waals surface area contributed by atoms with E-state index < -0.39 is 0 Å². The van der Waals surface area contributed by atoms with Gasteiger partial charge in [-0.15, -0.1) is 11.3 Å². The molecule has 17 heavy (non-hydrogen) atoms. The maximum atomic E-state index is 4.45. The topological polar surface area (TPSA) is 25.8 Å². The van der Waals surface area contributed by atoms with Crippen molar-refractivity contribution in [3.8, 4) is 21.8 Å².